The molecule has 0 aromatic heterocycles. The lowest BCUT2D eigenvalue weighted by molar-refractivity contribution is -0.159. The molecule has 0 amide bonds. The van der Waals surface area contributed by atoms with Gasteiger partial charge in [0.25, 0.3) is 0 Å². The van der Waals surface area contributed by atoms with Crippen molar-refractivity contribution in [3.8, 4) is 11.5 Å². The summed E-state index contributed by atoms with van der Waals surface area (Å²) < 4.78 is 11.2. The first kappa shape index (κ1) is 27.4. The van der Waals surface area contributed by atoms with Crippen LogP contribution in [0.4, 0.5) is 0 Å². The van der Waals surface area contributed by atoms with E-state index in [1.54, 1.807) is 0 Å². The molecule has 0 saturated carbocycles. The summed E-state index contributed by atoms with van der Waals surface area (Å²) in [5.41, 5.74) is 2.39. The van der Waals surface area contributed by atoms with Crippen molar-refractivity contribution < 1.29 is 34.4 Å². The van der Waals surface area contributed by atoms with E-state index in [1.807, 2.05) is 74.6 Å². The number of aliphatic hydroxyl groups is 1. The van der Waals surface area contributed by atoms with E-state index in [0.717, 1.165) is 11.5 Å². The Kier molecular flexibility index (Phi) is 11.3. The van der Waals surface area contributed by atoms with E-state index in [4.69, 9.17) is 29.3 Å². The largest absolute Gasteiger partial charge is 0.494 e. The molecule has 0 aliphatic carbocycles. The van der Waals surface area contributed by atoms with Gasteiger partial charge in [-0.2, -0.15) is 0 Å². The highest BCUT2D eigenvalue weighted by molar-refractivity contribution is 6.27. The van der Waals surface area contributed by atoms with Crippen LogP contribution < -0.4 is 9.47 Å². The molecule has 3 N–H and O–H groups in total. The molecule has 0 fully saturated rings. The van der Waals surface area contributed by atoms with Gasteiger partial charge in [-0.15, -0.1) is 0 Å². The van der Waals surface area contributed by atoms with Gasteiger partial charge in [0.1, 0.15) is 24.2 Å². The van der Waals surface area contributed by atoms with Gasteiger partial charge in [-0.05, 0) is 49.4 Å². The minimum absolute atomic E-state index is 0.0672. The van der Waals surface area contributed by atoms with Gasteiger partial charge in [-0.1, -0.05) is 60.7 Å². The molecule has 3 rings (SSSR count). The van der Waals surface area contributed by atoms with Crippen LogP contribution in [-0.2, 0) is 9.59 Å². The average molecular weight is 482 g/mol. The lowest BCUT2D eigenvalue weighted by Crippen LogP contribution is -2.36. The lowest BCUT2D eigenvalue weighted by atomic mass is 9.97. The molecule has 0 saturated heterocycles. The van der Waals surface area contributed by atoms with E-state index < -0.39 is 18.0 Å². The maximum absolute atomic E-state index is 10.6. The van der Waals surface area contributed by atoms with Gasteiger partial charge < -0.3 is 24.8 Å². The Hall–Kier alpha value is -3.88. The predicted molar refractivity (Wildman–Crippen MR) is 132 cm³/mol. The van der Waals surface area contributed by atoms with Crippen LogP contribution in [0.5, 0.6) is 11.5 Å². The number of rotatable bonds is 10. The van der Waals surface area contributed by atoms with Crippen LogP contribution in [0.2, 0.25) is 0 Å². The predicted octanol–water partition coefficient (Wildman–Crippen LogP) is 3.70. The highest BCUT2D eigenvalue weighted by atomic mass is 16.5. The second-order valence-electron chi connectivity index (χ2n) is 7.64. The number of aliphatic hydroxyl groups excluding tert-OH is 1. The zero-order valence-electron chi connectivity index (χ0n) is 19.8. The first-order chi connectivity index (χ1) is 16.8. The number of carboxylic acid groups (broad SMARTS) is 2. The van der Waals surface area contributed by atoms with Crippen LogP contribution in [0.25, 0.3) is 0 Å². The molecule has 0 aliphatic rings. The highest BCUT2D eigenvalue weighted by Crippen LogP contribution is 2.27. The molecule has 0 spiro atoms. The van der Waals surface area contributed by atoms with E-state index in [1.165, 1.54) is 11.1 Å². The number of carboxylic acids is 2. The molecular formula is C27H31NO7. The summed E-state index contributed by atoms with van der Waals surface area (Å²) >= 11 is 0. The SMILES string of the molecule is CCOc1ccc(OCC(O)CN(C)C(c2ccccc2)c2ccccc2)cc1.O=C(O)C(=O)O. The summed E-state index contributed by atoms with van der Waals surface area (Å²) in [4.78, 5) is 20.4. The Balaban J connectivity index is 0.000000641. The van der Waals surface area contributed by atoms with Crippen LogP contribution in [-0.4, -0.2) is 65.1 Å². The Morgan fingerprint density at radius 2 is 1.20 bits per heavy atom. The summed E-state index contributed by atoms with van der Waals surface area (Å²) in [7, 11) is 2.03. The van der Waals surface area contributed by atoms with Crippen molar-refractivity contribution >= 4 is 11.9 Å². The van der Waals surface area contributed by atoms with E-state index in [2.05, 4.69) is 29.2 Å². The van der Waals surface area contributed by atoms with Gasteiger partial charge in [-0.3, -0.25) is 4.90 Å². The molecule has 35 heavy (non-hydrogen) atoms. The number of benzene rings is 3. The van der Waals surface area contributed by atoms with Gasteiger partial charge >= 0.3 is 11.9 Å². The third-order valence-corrected chi connectivity index (χ3v) is 4.93. The molecule has 0 aliphatic heterocycles. The third kappa shape index (κ3) is 9.48. The molecule has 3 aromatic rings. The fourth-order valence-electron chi connectivity index (χ4n) is 3.45. The van der Waals surface area contributed by atoms with Crippen LogP contribution in [0.15, 0.2) is 84.9 Å². The van der Waals surface area contributed by atoms with E-state index in [9.17, 15) is 5.11 Å². The topological polar surface area (TPSA) is 117 Å². The van der Waals surface area contributed by atoms with Crippen LogP contribution in [0, 0.1) is 0 Å². The smallest absolute Gasteiger partial charge is 0.414 e. The van der Waals surface area contributed by atoms with Crippen LogP contribution in [0.1, 0.15) is 24.1 Å². The second kappa shape index (κ2) is 14.4. The van der Waals surface area contributed by atoms with Crippen molar-refractivity contribution in [2.45, 2.75) is 19.1 Å². The van der Waals surface area contributed by atoms with Gasteiger partial charge in [0.05, 0.1) is 12.6 Å². The molecule has 3 aromatic carbocycles. The zero-order valence-corrected chi connectivity index (χ0v) is 19.8. The third-order valence-electron chi connectivity index (χ3n) is 4.93. The number of hydrogen-bond acceptors (Lipinski definition) is 6. The summed E-state index contributed by atoms with van der Waals surface area (Å²) in [6, 6.07) is 28.2. The molecule has 0 bridgehead atoms. The fraction of sp³-hybridized carbons (Fsp3) is 0.259. The first-order valence-electron chi connectivity index (χ1n) is 11.1. The molecule has 8 nitrogen and oxygen atoms in total. The van der Waals surface area contributed by atoms with Crippen LogP contribution in [0.3, 0.4) is 0 Å². The summed E-state index contributed by atoms with van der Waals surface area (Å²) in [6.45, 7) is 3.31. The molecule has 1 atom stereocenters. The van der Waals surface area contributed by atoms with Crippen molar-refractivity contribution in [2.75, 3.05) is 26.8 Å². The van der Waals surface area contributed by atoms with Gasteiger partial charge in [0, 0.05) is 6.54 Å². The summed E-state index contributed by atoms with van der Waals surface area (Å²) in [6.07, 6.45) is -0.610. The number of aliphatic carboxylic acids is 2. The van der Waals surface area contributed by atoms with Gasteiger partial charge in [-0.25, -0.2) is 9.59 Å². The molecule has 186 valence electrons. The number of carbonyl (C=O) groups is 2. The van der Waals surface area contributed by atoms with Crippen molar-refractivity contribution in [1.82, 2.24) is 4.90 Å². The maximum Gasteiger partial charge on any atom is 0.414 e. The van der Waals surface area contributed by atoms with Crippen molar-refractivity contribution in [2.24, 2.45) is 0 Å². The molecule has 0 radical (unpaired) electrons. The fourth-order valence-corrected chi connectivity index (χ4v) is 3.45. The van der Waals surface area contributed by atoms with Gasteiger partial charge in [0.2, 0.25) is 0 Å². The zero-order chi connectivity index (χ0) is 25.6. The first-order valence-corrected chi connectivity index (χ1v) is 11.1. The van der Waals surface area contributed by atoms with Crippen molar-refractivity contribution in [3.05, 3.63) is 96.1 Å². The Bertz CT molecular complexity index is 975. The normalized spacial score (nSPS) is 11.3. The van der Waals surface area contributed by atoms with Crippen molar-refractivity contribution in [1.29, 1.82) is 0 Å². The van der Waals surface area contributed by atoms with E-state index >= 15 is 0 Å². The molecule has 8 heteroatoms. The second-order valence-corrected chi connectivity index (χ2v) is 7.64. The van der Waals surface area contributed by atoms with E-state index in [0.29, 0.717) is 13.2 Å². The number of hydrogen-bond donors (Lipinski definition) is 3. The monoisotopic (exact) mass is 481 g/mol. The van der Waals surface area contributed by atoms with E-state index in [-0.39, 0.29) is 12.6 Å². The summed E-state index contributed by atoms with van der Waals surface area (Å²) in [5.74, 6) is -2.11. The molecular weight excluding hydrogens is 450 g/mol. The minimum Gasteiger partial charge on any atom is -0.494 e. The highest BCUT2D eigenvalue weighted by Gasteiger charge is 2.21. The van der Waals surface area contributed by atoms with Gasteiger partial charge in [0.15, 0.2) is 0 Å². The molecule has 0 heterocycles. The average Bonchev–Trinajstić information content (AvgIpc) is 2.85. The quantitative estimate of drug-likeness (QED) is 0.375. The number of ether oxygens (including phenoxy) is 2. The minimum atomic E-state index is -1.82. The Labute approximate surface area is 205 Å². The van der Waals surface area contributed by atoms with Crippen molar-refractivity contribution in [3.63, 3.8) is 0 Å². The summed E-state index contributed by atoms with van der Waals surface area (Å²) in [5, 5.41) is 25.4. The lowest BCUT2D eigenvalue weighted by Gasteiger charge is -2.30. The Morgan fingerprint density at radius 1 is 0.771 bits per heavy atom. The van der Waals surface area contributed by atoms with Crippen LogP contribution >= 0.6 is 0 Å². The standard InChI is InChI=1S/C25H29NO3.C2H2O4/c1-3-28-23-14-16-24(17-15-23)29-19-22(27)18-26(2)25(20-10-6-4-7-11-20)21-12-8-5-9-13-21;3-1(4)2(5)6/h4-17,22,25,27H,3,18-19H2,1-2H3;(H,3,4)(H,5,6). The Morgan fingerprint density at radius 3 is 1.60 bits per heavy atom. The molecule has 1 unspecified atom stereocenters. The maximum atomic E-state index is 10.6. The number of nitrogens with zero attached hydrogens (tertiary/aromatic N) is 1. The number of likely N-dealkylation sites (N-methyl/N-ethyl adjacent to an activating group) is 1.